The SMILES string of the molecule is C=CCCCCCCCc1ccc2ccc3cccc4ccc1c2c34. The van der Waals surface area contributed by atoms with Crippen molar-refractivity contribution in [3.05, 3.63) is 72.8 Å². The fourth-order valence-electron chi connectivity index (χ4n) is 4.15. The molecule has 0 nitrogen and oxygen atoms in total. The summed E-state index contributed by atoms with van der Waals surface area (Å²) in [6.07, 6.45) is 11.0. The minimum atomic E-state index is 1.16. The molecule has 0 aliphatic heterocycles. The van der Waals surface area contributed by atoms with Crippen LogP contribution in [-0.2, 0) is 6.42 Å². The van der Waals surface area contributed by atoms with E-state index in [1.54, 1.807) is 0 Å². The topological polar surface area (TPSA) is 0 Å². The van der Waals surface area contributed by atoms with Crippen molar-refractivity contribution in [3.63, 3.8) is 0 Å². The molecular formula is C25H26. The van der Waals surface area contributed by atoms with Crippen LogP contribution in [0.5, 0.6) is 0 Å². The third kappa shape index (κ3) is 3.14. The van der Waals surface area contributed by atoms with E-state index in [-0.39, 0.29) is 0 Å². The molecule has 0 bridgehead atoms. The number of hydrogen-bond acceptors (Lipinski definition) is 0. The molecule has 0 amide bonds. The third-order valence-electron chi connectivity index (χ3n) is 5.47. The van der Waals surface area contributed by atoms with Crippen LogP contribution in [0.4, 0.5) is 0 Å². The first-order valence-corrected chi connectivity index (χ1v) is 9.65. The van der Waals surface area contributed by atoms with Crippen molar-refractivity contribution in [2.45, 2.75) is 44.9 Å². The molecule has 0 aliphatic rings. The molecule has 0 radical (unpaired) electrons. The van der Waals surface area contributed by atoms with Crippen LogP contribution in [0.25, 0.3) is 32.3 Å². The molecular weight excluding hydrogens is 300 g/mol. The lowest BCUT2D eigenvalue weighted by Crippen LogP contribution is -1.91. The largest absolute Gasteiger partial charge is 0.103 e. The van der Waals surface area contributed by atoms with Crippen molar-refractivity contribution in [3.8, 4) is 0 Å². The second kappa shape index (κ2) is 7.27. The quantitative estimate of drug-likeness (QED) is 0.177. The summed E-state index contributed by atoms with van der Waals surface area (Å²) in [4.78, 5) is 0. The van der Waals surface area contributed by atoms with Crippen LogP contribution >= 0.6 is 0 Å². The first kappa shape index (κ1) is 16.1. The molecule has 25 heavy (non-hydrogen) atoms. The number of unbranched alkanes of at least 4 members (excludes halogenated alkanes) is 5. The van der Waals surface area contributed by atoms with Crippen LogP contribution in [0.3, 0.4) is 0 Å². The van der Waals surface area contributed by atoms with Gasteiger partial charge in [-0.15, -0.1) is 6.58 Å². The van der Waals surface area contributed by atoms with Gasteiger partial charge >= 0.3 is 0 Å². The van der Waals surface area contributed by atoms with E-state index < -0.39 is 0 Å². The van der Waals surface area contributed by atoms with Gasteiger partial charge < -0.3 is 0 Å². The lowest BCUT2D eigenvalue weighted by molar-refractivity contribution is 0.618. The summed E-state index contributed by atoms with van der Waals surface area (Å²) in [6, 6.07) is 20.4. The highest BCUT2D eigenvalue weighted by Gasteiger charge is 2.10. The third-order valence-corrected chi connectivity index (χ3v) is 5.47. The maximum atomic E-state index is 3.80. The van der Waals surface area contributed by atoms with Crippen LogP contribution in [0, 0.1) is 0 Å². The Hall–Kier alpha value is -2.34. The molecule has 0 fully saturated rings. The standard InChI is InChI=1S/C25H26/c1-2-3-4-5-6-7-8-10-19-13-14-22-16-15-20-11-9-12-21-17-18-23(19)25(22)24(20)21/h2,9,11-18H,1,3-8,10H2. The Bertz CT molecular complexity index is 977. The van der Waals surface area contributed by atoms with E-state index in [1.807, 2.05) is 6.08 Å². The minimum Gasteiger partial charge on any atom is -0.103 e. The maximum absolute atomic E-state index is 3.80. The Morgan fingerprint density at radius 1 is 0.640 bits per heavy atom. The second-order valence-electron chi connectivity index (χ2n) is 7.18. The lowest BCUT2D eigenvalue weighted by Gasteiger charge is -2.14. The van der Waals surface area contributed by atoms with Crippen LogP contribution in [0.15, 0.2) is 67.3 Å². The van der Waals surface area contributed by atoms with Gasteiger partial charge in [0.25, 0.3) is 0 Å². The molecule has 4 aromatic rings. The predicted molar refractivity (Wildman–Crippen MR) is 112 cm³/mol. The van der Waals surface area contributed by atoms with Crippen molar-refractivity contribution in [1.29, 1.82) is 0 Å². The number of hydrogen-bond donors (Lipinski definition) is 0. The first-order valence-electron chi connectivity index (χ1n) is 9.65. The Balaban J connectivity index is 1.58. The zero-order valence-corrected chi connectivity index (χ0v) is 14.9. The minimum absolute atomic E-state index is 1.16. The summed E-state index contributed by atoms with van der Waals surface area (Å²) >= 11 is 0. The summed E-state index contributed by atoms with van der Waals surface area (Å²) < 4.78 is 0. The molecule has 0 saturated carbocycles. The molecule has 0 unspecified atom stereocenters. The Morgan fingerprint density at radius 2 is 1.28 bits per heavy atom. The Labute approximate surface area is 150 Å². The van der Waals surface area contributed by atoms with Gasteiger partial charge in [0.05, 0.1) is 0 Å². The van der Waals surface area contributed by atoms with E-state index in [1.165, 1.54) is 76.4 Å². The van der Waals surface area contributed by atoms with Crippen LogP contribution < -0.4 is 0 Å². The van der Waals surface area contributed by atoms with Crippen molar-refractivity contribution >= 4 is 32.3 Å². The number of benzene rings is 4. The van der Waals surface area contributed by atoms with Gasteiger partial charge in [0.2, 0.25) is 0 Å². The molecule has 0 N–H and O–H groups in total. The molecule has 0 atom stereocenters. The van der Waals surface area contributed by atoms with Gasteiger partial charge in [-0.1, -0.05) is 79.9 Å². The Kier molecular flexibility index (Phi) is 4.70. The van der Waals surface area contributed by atoms with Gasteiger partial charge in [0, 0.05) is 0 Å². The second-order valence-corrected chi connectivity index (χ2v) is 7.18. The van der Waals surface area contributed by atoms with E-state index >= 15 is 0 Å². The van der Waals surface area contributed by atoms with Gasteiger partial charge in [0.15, 0.2) is 0 Å². The summed E-state index contributed by atoms with van der Waals surface area (Å²) in [7, 11) is 0. The number of rotatable bonds is 8. The molecule has 0 saturated heterocycles. The van der Waals surface area contributed by atoms with Crippen molar-refractivity contribution < 1.29 is 0 Å². The van der Waals surface area contributed by atoms with Gasteiger partial charge in [-0.2, -0.15) is 0 Å². The molecule has 4 aromatic carbocycles. The van der Waals surface area contributed by atoms with Crippen molar-refractivity contribution in [2.24, 2.45) is 0 Å². The first-order chi connectivity index (χ1) is 12.4. The Morgan fingerprint density at radius 3 is 2.08 bits per heavy atom. The van der Waals surface area contributed by atoms with Crippen LogP contribution in [-0.4, -0.2) is 0 Å². The number of allylic oxidation sites excluding steroid dienone is 1. The highest BCUT2D eigenvalue weighted by Crippen LogP contribution is 2.36. The summed E-state index contributed by atoms with van der Waals surface area (Å²) in [5, 5.41) is 8.42. The highest BCUT2D eigenvalue weighted by atomic mass is 14.1. The van der Waals surface area contributed by atoms with Gasteiger partial charge in [-0.05, 0) is 63.6 Å². The summed E-state index contributed by atoms with van der Waals surface area (Å²) in [5.74, 6) is 0. The molecule has 126 valence electrons. The molecule has 0 aliphatic carbocycles. The fourth-order valence-corrected chi connectivity index (χ4v) is 4.15. The van der Waals surface area contributed by atoms with Crippen LogP contribution in [0.2, 0.25) is 0 Å². The normalized spacial score (nSPS) is 11.7. The monoisotopic (exact) mass is 326 g/mol. The van der Waals surface area contributed by atoms with E-state index in [0.717, 1.165) is 6.42 Å². The zero-order chi connectivity index (χ0) is 17.1. The predicted octanol–water partition coefficient (Wildman–Crippen LogP) is 7.65. The van der Waals surface area contributed by atoms with E-state index in [2.05, 4.69) is 61.2 Å². The van der Waals surface area contributed by atoms with Crippen molar-refractivity contribution in [2.75, 3.05) is 0 Å². The van der Waals surface area contributed by atoms with Crippen molar-refractivity contribution in [1.82, 2.24) is 0 Å². The molecule has 0 spiro atoms. The molecule has 0 aromatic heterocycles. The maximum Gasteiger partial charge on any atom is -0.00240 e. The average molecular weight is 326 g/mol. The van der Waals surface area contributed by atoms with Gasteiger partial charge in [0.1, 0.15) is 0 Å². The smallest absolute Gasteiger partial charge is 0.00240 e. The van der Waals surface area contributed by atoms with Gasteiger partial charge in [-0.3, -0.25) is 0 Å². The molecule has 0 heterocycles. The highest BCUT2D eigenvalue weighted by molar-refractivity contribution is 6.23. The van der Waals surface area contributed by atoms with E-state index in [9.17, 15) is 0 Å². The lowest BCUT2D eigenvalue weighted by atomic mass is 9.90. The summed E-state index contributed by atoms with van der Waals surface area (Å²) in [6.45, 7) is 3.80. The zero-order valence-electron chi connectivity index (χ0n) is 14.9. The fraction of sp³-hybridized carbons (Fsp3) is 0.280. The van der Waals surface area contributed by atoms with E-state index in [4.69, 9.17) is 0 Å². The van der Waals surface area contributed by atoms with Gasteiger partial charge in [-0.25, -0.2) is 0 Å². The molecule has 0 heteroatoms. The molecule has 4 rings (SSSR count). The number of aryl methyl sites for hydroxylation is 1. The van der Waals surface area contributed by atoms with E-state index in [0.29, 0.717) is 0 Å². The van der Waals surface area contributed by atoms with Crippen LogP contribution in [0.1, 0.15) is 44.1 Å². The average Bonchev–Trinajstić information content (AvgIpc) is 2.66. The summed E-state index contributed by atoms with van der Waals surface area (Å²) in [5.41, 5.74) is 1.51.